The van der Waals surface area contributed by atoms with E-state index < -0.39 is 23.2 Å². The van der Waals surface area contributed by atoms with Gasteiger partial charge in [0.25, 0.3) is 0 Å². The second-order valence-corrected chi connectivity index (χ2v) is 17.9. The molecule has 182 valence electrons. The predicted molar refractivity (Wildman–Crippen MR) is 136 cm³/mol. The normalized spacial score (nSPS) is 19.5. The second kappa shape index (κ2) is 9.69. The summed E-state index contributed by atoms with van der Waals surface area (Å²) in [5, 5.41) is 0. The van der Waals surface area contributed by atoms with Gasteiger partial charge in [-0.15, -0.1) is 0 Å². The predicted octanol–water partition coefficient (Wildman–Crippen LogP) is 3.16. The van der Waals surface area contributed by atoms with E-state index in [2.05, 4.69) is 124 Å². The summed E-state index contributed by atoms with van der Waals surface area (Å²) in [6.07, 6.45) is 7.55. The molecule has 0 N–H and O–H groups in total. The number of halogens is 2. The largest absolute Gasteiger partial charge is 1.00 e. The van der Waals surface area contributed by atoms with E-state index in [0.29, 0.717) is 3.63 Å². The summed E-state index contributed by atoms with van der Waals surface area (Å²) < 4.78 is 0.851. The van der Waals surface area contributed by atoms with Gasteiger partial charge in [0.1, 0.15) is 0 Å². The van der Waals surface area contributed by atoms with Crippen molar-refractivity contribution in [3.05, 3.63) is 82.5 Å². The zero-order valence-electron chi connectivity index (χ0n) is 22.5. The fourth-order valence-corrected chi connectivity index (χ4v) is 9.40. The monoisotopic (exact) mass is 572 g/mol. The SMILES string of the molecule is C[C]1([Zr+2][CH]2c3cc(C(C)(C)C)ccc3-c3ccc(C(C)(C)C)cc32)C=CC(C(C)(C)C)=C1.[Cl-].[Cl-]. The van der Waals surface area contributed by atoms with Crippen LogP contribution in [0.1, 0.15) is 95.1 Å². The molecule has 0 amide bonds. The van der Waals surface area contributed by atoms with Crippen molar-refractivity contribution >= 4 is 0 Å². The molecule has 34 heavy (non-hydrogen) atoms. The zero-order valence-corrected chi connectivity index (χ0v) is 26.5. The first-order chi connectivity index (χ1) is 14.6. The Labute approximate surface area is 232 Å². The van der Waals surface area contributed by atoms with Crippen molar-refractivity contribution in [2.75, 3.05) is 0 Å². The average molecular weight is 575 g/mol. The standard InChI is InChI=1S/C21H25.C10H15.2ClH.Zr/c1-20(2,3)16-7-9-18-14(12-16)11-15-13-17(21(4,5)6)8-10-19(15)18;1-8-5-6-9(7-8)10(2,3)4;;;/h7-13H,1-6H3;5-7H,1-4H3;2*1H;/q;;;;+2/p-2. The molecule has 0 spiro atoms. The maximum absolute atomic E-state index is 2.61. The molecule has 0 fully saturated rings. The molecule has 2 aromatic carbocycles. The average Bonchev–Trinajstić information content (AvgIpc) is 3.19. The smallest absolute Gasteiger partial charge is 1.00 e. The van der Waals surface area contributed by atoms with E-state index >= 15 is 0 Å². The Morgan fingerprint density at radius 3 is 1.47 bits per heavy atom. The molecular formula is C31H40Cl2Zr. The fraction of sp³-hybridized carbons (Fsp3) is 0.484. The molecule has 2 aliphatic carbocycles. The van der Waals surface area contributed by atoms with E-state index in [9.17, 15) is 0 Å². The second-order valence-electron chi connectivity index (χ2n) is 13.1. The Morgan fingerprint density at radius 2 is 1.12 bits per heavy atom. The van der Waals surface area contributed by atoms with Crippen molar-refractivity contribution in [1.29, 1.82) is 0 Å². The van der Waals surface area contributed by atoms with Crippen LogP contribution in [0.2, 0.25) is 3.12 Å². The third-order valence-corrected chi connectivity index (χ3v) is 11.7. The van der Waals surface area contributed by atoms with Gasteiger partial charge in [0.2, 0.25) is 0 Å². The van der Waals surface area contributed by atoms with Gasteiger partial charge >= 0.3 is 209 Å². The molecule has 0 radical (unpaired) electrons. The number of allylic oxidation sites excluding steroid dienone is 4. The third kappa shape index (κ3) is 5.69. The molecule has 0 saturated carbocycles. The molecule has 0 aliphatic heterocycles. The van der Waals surface area contributed by atoms with E-state index in [1.54, 1.807) is 11.1 Å². The van der Waals surface area contributed by atoms with Gasteiger partial charge in [0.05, 0.1) is 0 Å². The minimum atomic E-state index is -0.889. The van der Waals surface area contributed by atoms with Gasteiger partial charge in [-0.3, -0.25) is 0 Å². The first kappa shape index (κ1) is 29.6. The van der Waals surface area contributed by atoms with Gasteiger partial charge in [-0.2, -0.15) is 0 Å². The van der Waals surface area contributed by atoms with Crippen LogP contribution in [-0.2, 0) is 34.1 Å². The first-order valence-electron chi connectivity index (χ1n) is 12.1. The summed E-state index contributed by atoms with van der Waals surface area (Å²) in [5.41, 5.74) is 11.1. The van der Waals surface area contributed by atoms with Crippen molar-refractivity contribution in [3.8, 4) is 11.1 Å². The topological polar surface area (TPSA) is 0 Å². The Kier molecular flexibility index (Phi) is 8.44. The Balaban J connectivity index is 0.00000204. The number of hydrogen-bond acceptors (Lipinski definition) is 0. The number of fused-ring (bicyclic) bond motifs is 3. The molecule has 0 saturated heterocycles. The third-order valence-electron chi connectivity index (χ3n) is 7.13. The summed E-state index contributed by atoms with van der Waals surface area (Å²) in [4.78, 5) is 0. The van der Waals surface area contributed by atoms with Crippen LogP contribution in [0.4, 0.5) is 0 Å². The van der Waals surface area contributed by atoms with Crippen molar-refractivity contribution in [2.45, 2.75) is 86.8 Å². The van der Waals surface area contributed by atoms with Gasteiger partial charge in [-0.25, -0.2) is 0 Å². The zero-order chi connectivity index (χ0) is 23.7. The van der Waals surface area contributed by atoms with Crippen molar-refractivity contribution in [2.24, 2.45) is 5.41 Å². The van der Waals surface area contributed by atoms with Crippen LogP contribution in [-0.4, -0.2) is 0 Å². The van der Waals surface area contributed by atoms with Gasteiger partial charge in [0.15, 0.2) is 0 Å². The summed E-state index contributed by atoms with van der Waals surface area (Å²) in [6.45, 7) is 23.5. The Hall–Kier alpha value is -0.617. The first-order valence-corrected chi connectivity index (χ1v) is 14.7. The molecule has 0 bridgehead atoms. The molecule has 3 heteroatoms. The van der Waals surface area contributed by atoms with Gasteiger partial charge < -0.3 is 24.8 Å². The van der Waals surface area contributed by atoms with E-state index in [-0.39, 0.29) is 44.2 Å². The fourth-order valence-electron chi connectivity index (χ4n) is 4.90. The summed E-state index contributed by atoms with van der Waals surface area (Å²) in [7, 11) is 0. The minimum absolute atomic E-state index is 0. The van der Waals surface area contributed by atoms with E-state index in [1.165, 1.54) is 27.8 Å². The molecule has 1 unspecified atom stereocenters. The van der Waals surface area contributed by atoms with Gasteiger partial charge in [-0.1, -0.05) is 0 Å². The number of benzene rings is 2. The van der Waals surface area contributed by atoms with Crippen LogP contribution in [0, 0.1) is 5.41 Å². The van der Waals surface area contributed by atoms with E-state index in [1.807, 2.05) is 0 Å². The van der Waals surface area contributed by atoms with Gasteiger partial charge in [0, 0.05) is 0 Å². The number of hydrogen-bond donors (Lipinski definition) is 0. The summed E-state index contributed by atoms with van der Waals surface area (Å²) >= 11 is -0.889. The number of rotatable bonds is 2. The molecular weight excluding hydrogens is 534 g/mol. The molecule has 0 heterocycles. The molecule has 4 rings (SSSR count). The van der Waals surface area contributed by atoms with Gasteiger partial charge in [-0.05, 0) is 0 Å². The molecule has 2 aliphatic rings. The van der Waals surface area contributed by atoms with E-state index in [0.717, 1.165) is 0 Å². The van der Waals surface area contributed by atoms with Crippen LogP contribution < -0.4 is 24.8 Å². The maximum atomic E-state index is 2.61. The van der Waals surface area contributed by atoms with Crippen molar-refractivity contribution in [3.63, 3.8) is 0 Å². The maximum Gasteiger partial charge on any atom is -1.00 e. The van der Waals surface area contributed by atoms with Crippen molar-refractivity contribution in [1.82, 2.24) is 0 Å². The molecule has 0 aromatic heterocycles. The van der Waals surface area contributed by atoms with Crippen LogP contribution in [0.15, 0.2) is 60.2 Å². The molecule has 0 nitrogen and oxygen atoms in total. The molecule has 1 atom stereocenters. The minimum Gasteiger partial charge on any atom is -1.00 e. The van der Waals surface area contributed by atoms with Crippen LogP contribution >= 0.6 is 0 Å². The Morgan fingerprint density at radius 1 is 0.676 bits per heavy atom. The van der Waals surface area contributed by atoms with E-state index in [4.69, 9.17) is 0 Å². The Bertz CT molecular complexity index is 1060. The van der Waals surface area contributed by atoms with Crippen LogP contribution in [0.5, 0.6) is 0 Å². The van der Waals surface area contributed by atoms with Crippen molar-refractivity contribution < 1.29 is 48.0 Å². The molecule has 2 aromatic rings. The summed E-state index contributed by atoms with van der Waals surface area (Å²) in [6, 6.07) is 14.6. The quantitative estimate of drug-likeness (QED) is 0.517. The summed E-state index contributed by atoms with van der Waals surface area (Å²) in [5.74, 6) is 0. The van der Waals surface area contributed by atoms with Crippen LogP contribution in [0.3, 0.4) is 0 Å². The van der Waals surface area contributed by atoms with Crippen LogP contribution in [0.25, 0.3) is 11.1 Å².